The largest absolute Gasteiger partial charge is 0.347 e. The molecule has 0 saturated carbocycles. The number of hydrogen-bond donors (Lipinski definition) is 0. The normalized spacial score (nSPS) is 15.7. The minimum Gasteiger partial charge on any atom is -0.272 e. The van der Waals surface area contributed by atoms with Gasteiger partial charge in [0.1, 0.15) is 6.54 Å². The highest BCUT2D eigenvalue weighted by Crippen LogP contribution is 2.12. The van der Waals surface area contributed by atoms with Crippen LogP contribution in [0.25, 0.3) is 0 Å². The predicted octanol–water partition coefficient (Wildman–Crippen LogP) is 2.30. The number of amides is 3. The van der Waals surface area contributed by atoms with Crippen molar-refractivity contribution in [2.75, 3.05) is 19.0 Å². The molecule has 106 valence electrons. The standard InChI is InChI=1S/C14H16ClN3O2/c15-8-4-5-9-17-13(19)11-18(14(17)20)16-10-12-6-2-1-3-7-12/h1-3,6-7,10H,4-5,8-9,11H2. The van der Waals surface area contributed by atoms with Crippen LogP contribution in [0.15, 0.2) is 35.4 Å². The van der Waals surface area contributed by atoms with Gasteiger partial charge in [-0.2, -0.15) is 5.10 Å². The number of hydrazone groups is 1. The molecule has 1 aliphatic rings. The Morgan fingerprint density at radius 3 is 2.65 bits per heavy atom. The first-order valence-electron chi connectivity index (χ1n) is 6.49. The van der Waals surface area contributed by atoms with Crippen LogP contribution >= 0.6 is 11.6 Å². The van der Waals surface area contributed by atoms with Gasteiger partial charge in [-0.1, -0.05) is 30.3 Å². The van der Waals surface area contributed by atoms with Crippen molar-refractivity contribution in [2.24, 2.45) is 5.10 Å². The third-order valence-electron chi connectivity index (χ3n) is 2.95. The lowest BCUT2D eigenvalue weighted by Gasteiger charge is -2.13. The van der Waals surface area contributed by atoms with Crippen LogP contribution in [0.4, 0.5) is 4.79 Å². The number of carbonyl (C=O) groups is 2. The average molecular weight is 294 g/mol. The van der Waals surface area contributed by atoms with Crippen LogP contribution in [0.2, 0.25) is 0 Å². The van der Waals surface area contributed by atoms with Gasteiger partial charge in [0.2, 0.25) is 0 Å². The lowest BCUT2D eigenvalue weighted by molar-refractivity contribution is -0.125. The average Bonchev–Trinajstić information content (AvgIpc) is 2.74. The first-order chi connectivity index (χ1) is 9.72. The van der Waals surface area contributed by atoms with Crippen LogP contribution in [0.1, 0.15) is 18.4 Å². The highest BCUT2D eigenvalue weighted by Gasteiger charge is 2.35. The van der Waals surface area contributed by atoms with Crippen LogP contribution < -0.4 is 0 Å². The Bertz CT molecular complexity index is 504. The highest BCUT2D eigenvalue weighted by atomic mass is 35.5. The number of alkyl halides is 1. The molecule has 20 heavy (non-hydrogen) atoms. The van der Waals surface area contributed by atoms with Crippen LogP contribution in [0.5, 0.6) is 0 Å². The SMILES string of the molecule is O=C1CN(N=Cc2ccccc2)C(=O)N1CCCCCl. The zero-order chi connectivity index (χ0) is 14.4. The molecule has 1 aliphatic heterocycles. The number of carbonyl (C=O) groups excluding carboxylic acids is 2. The Hall–Kier alpha value is -1.88. The molecule has 1 saturated heterocycles. The van der Waals surface area contributed by atoms with Crippen molar-refractivity contribution in [3.63, 3.8) is 0 Å². The van der Waals surface area contributed by atoms with E-state index < -0.39 is 0 Å². The molecule has 1 fully saturated rings. The fourth-order valence-electron chi connectivity index (χ4n) is 1.88. The van der Waals surface area contributed by atoms with E-state index in [9.17, 15) is 9.59 Å². The molecule has 0 aliphatic carbocycles. The Morgan fingerprint density at radius 1 is 1.20 bits per heavy atom. The molecule has 5 nitrogen and oxygen atoms in total. The van der Waals surface area contributed by atoms with Gasteiger partial charge in [0.15, 0.2) is 0 Å². The summed E-state index contributed by atoms with van der Waals surface area (Å²) in [6.07, 6.45) is 3.08. The molecule has 0 N–H and O–H groups in total. The molecule has 0 atom stereocenters. The Labute approximate surface area is 122 Å². The molecule has 0 spiro atoms. The van der Waals surface area contributed by atoms with Crippen molar-refractivity contribution in [3.05, 3.63) is 35.9 Å². The number of imide groups is 1. The van der Waals surface area contributed by atoms with Crippen molar-refractivity contribution in [1.29, 1.82) is 0 Å². The van der Waals surface area contributed by atoms with Gasteiger partial charge >= 0.3 is 6.03 Å². The van der Waals surface area contributed by atoms with E-state index in [1.165, 1.54) is 9.91 Å². The molecule has 0 radical (unpaired) electrons. The van der Waals surface area contributed by atoms with Gasteiger partial charge < -0.3 is 0 Å². The van der Waals surface area contributed by atoms with E-state index in [0.717, 1.165) is 18.4 Å². The summed E-state index contributed by atoms with van der Waals surface area (Å²) in [5, 5.41) is 5.26. The number of rotatable bonds is 6. The zero-order valence-corrected chi connectivity index (χ0v) is 11.8. The number of hydrogen-bond acceptors (Lipinski definition) is 3. The quantitative estimate of drug-likeness (QED) is 0.350. The van der Waals surface area contributed by atoms with Gasteiger partial charge in [-0.25, -0.2) is 9.80 Å². The zero-order valence-electron chi connectivity index (χ0n) is 11.0. The van der Waals surface area contributed by atoms with Crippen molar-refractivity contribution < 1.29 is 9.59 Å². The summed E-state index contributed by atoms with van der Waals surface area (Å²) in [6.45, 7) is 0.408. The third kappa shape index (κ3) is 3.57. The van der Waals surface area contributed by atoms with Gasteiger partial charge in [0.25, 0.3) is 5.91 Å². The Balaban J connectivity index is 1.96. The smallest absolute Gasteiger partial charge is 0.272 e. The summed E-state index contributed by atoms with van der Waals surface area (Å²) in [5.41, 5.74) is 0.883. The second kappa shape index (κ2) is 7.05. The number of halogens is 1. The van der Waals surface area contributed by atoms with E-state index in [2.05, 4.69) is 5.10 Å². The third-order valence-corrected chi connectivity index (χ3v) is 3.22. The van der Waals surface area contributed by atoms with Crippen LogP contribution in [-0.2, 0) is 4.79 Å². The lowest BCUT2D eigenvalue weighted by Crippen LogP contribution is -2.32. The molecule has 1 heterocycles. The highest BCUT2D eigenvalue weighted by molar-refractivity contribution is 6.17. The van der Waals surface area contributed by atoms with Gasteiger partial charge in [-0.3, -0.25) is 9.69 Å². The molecule has 0 bridgehead atoms. The Morgan fingerprint density at radius 2 is 1.95 bits per heavy atom. The molecular formula is C14H16ClN3O2. The summed E-state index contributed by atoms with van der Waals surface area (Å²) in [6, 6.07) is 9.07. The first-order valence-corrected chi connectivity index (χ1v) is 7.02. The molecule has 6 heteroatoms. The molecule has 3 amide bonds. The van der Waals surface area contributed by atoms with E-state index in [-0.39, 0.29) is 18.5 Å². The second-order valence-electron chi connectivity index (χ2n) is 4.44. The Kier molecular flexibility index (Phi) is 5.12. The van der Waals surface area contributed by atoms with Crippen molar-refractivity contribution in [3.8, 4) is 0 Å². The van der Waals surface area contributed by atoms with Crippen molar-refractivity contribution >= 4 is 29.8 Å². The molecule has 0 aromatic heterocycles. The summed E-state index contributed by atoms with van der Waals surface area (Å²) < 4.78 is 0. The summed E-state index contributed by atoms with van der Waals surface area (Å²) in [5.74, 6) is 0.321. The van der Waals surface area contributed by atoms with E-state index in [4.69, 9.17) is 11.6 Å². The number of unbranched alkanes of at least 4 members (excludes halogenated alkanes) is 1. The van der Waals surface area contributed by atoms with E-state index in [0.29, 0.717) is 12.4 Å². The lowest BCUT2D eigenvalue weighted by atomic mass is 10.2. The maximum atomic E-state index is 12.0. The van der Waals surface area contributed by atoms with E-state index in [1.54, 1.807) is 6.21 Å². The van der Waals surface area contributed by atoms with E-state index in [1.807, 2.05) is 30.3 Å². The maximum absolute atomic E-state index is 12.0. The fourth-order valence-corrected chi connectivity index (χ4v) is 2.07. The van der Waals surface area contributed by atoms with Gasteiger partial charge in [-0.15, -0.1) is 11.6 Å². The van der Waals surface area contributed by atoms with Crippen LogP contribution in [-0.4, -0.2) is 47.0 Å². The minimum atomic E-state index is -0.364. The molecule has 1 aromatic rings. The molecule has 2 rings (SSSR count). The van der Waals surface area contributed by atoms with Crippen molar-refractivity contribution in [1.82, 2.24) is 9.91 Å². The summed E-state index contributed by atoms with van der Waals surface area (Å²) in [7, 11) is 0. The minimum absolute atomic E-state index is 0.00302. The van der Waals surface area contributed by atoms with Gasteiger partial charge in [0.05, 0.1) is 6.21 Å². The first kappa shape index (κ1) is 14.5. The number of urea groups is 1. The number of benzene rings is 1. The van der Waals surface area contributed by atoms with Crippen LogP contribution in [0, 0.1) is 0 Å². The topological polar surface area (TPSA) is 53.0 Å². The van der Waals surface area contributed by atoms with Crippen LogP contribution in [0.3, 0.4) is 0 Å². The monoisotopic (exact) mass is 293 g/mol. The molecule has 1 aromatic carbocycles. The van der Waals surface area contributed by atoms with Gasteiger partial charge in [0, 0.05) is 12.4 Å². The maximum Gasteiger partial charge on any atom is 0.347 e. The second-order valence-corrected chi connectivity index (χ2v) is 4.81. The predicted molar refractivity (Wildman–Crippen MR) is 77.8 cm³/mol. The van der Waals surface area contributed by atoms with E-state index >= 15 is 0 Å². The van der Waals surface area contributed by atoms with Crippen molar-refractivity contribution in [2.45, 2.75) is 12.8 Å². The van der Waals surface area contributed by atoms with Gasteiger partial charge in [-0.05, 0) is 18.4 Å². The summed E-state index contributed by atoms with van der Waals surface area (Å²) >= 11 is 5.58. The summed E-state index contributed by atoms with van der Waals surface area (Å²) in [4.78, 5) is 25.0. The number of nitrogens with zero attached hydrogens (tertiary/aromatic N) is 3. The fraction of sp³-hybridized carbons (Fsp3) is 0.357. The molecule has 0 unspecified atom stereocenters. The molecular weight excluding hydrogens is 278 g/mol.